The Balaban J connectivity index is 2.50. The molecule has 0 heterocycles. The summed E-state index contributed by atoms with van der Waals surface area (Å²) in [5.74, 6) is 0.251. The zero-order valence-electron chi connectivity index (χ0n) is 9.61. The van der Waals surface area contributed by atoms with Gasteiger partial charge in [0.05, 0.1) is 17.7 Å². The average Bonchev–Trinajstić information content (AvgIpc) is 2.38. The van der Waals surface area contributed by atoms with E-state index in [-0.39, 0.29) is 5.78 Å². The minimum atomic E-state index is -0.186. The Morgan fingerprint density at radius 1 is 1.06 bits per heavy atom. The first-order valence-corrected chi connectivity index (χ1v) is 6.02. The van der Waals surface area contributed by atoms with E-state index in [4.69, 9.17) is 27.9 Å². The van der Waals surface area contributed by atoms with E-state index in [0.29, 0.717) is 26.9 Å². The largest absolute Gasteiger partial charge is 0.496 e. The van der Waals surface area contributed by atoms with Crippen molar-refractivity contribution in [3.63, 3.8) is 0 Å². The topological polar surface area (TPSA) is 26.3 Å². The van der Waals surface area contributed by atoms with Crippen LogP contribution in [0.5, 0.6) is 5.75 Å². The summed E-state index contributed by atoms with van der Waals surface area (Å²) in [5, 5.41) is 0.932. The quantitative estimate of drug-likeness (QED) is 0.787. The maximum atomic E-state index is 12.4. The number of ketones is 1. The zero-order valence-corrected chi connectivity index (χ0v) is 11.1. The fourth-order valence-electron chi connectivity index (χ4n) is 1.64. The molecule has 18 heavy (non-hydrogen) atoms. The third-order valence-electron chi connectivity index (χ3n) is 2.53. The molecule has 0 bridgehead atoms. The number of ether oxygens (including phenoxy) is 1. The molecule has 92 valence electrons. The van der Waals surface area contributed by atoms with Gasteiger partial charge in [0, 0.05) is 10.6 Å². The highest BCUT2D eigenvalue weighted by Gasteiger charge is 2.16. The minimum Gasteiger partial charge on any atom is -0.496 e. The van der Waals surface area contributed by atoms with E-state index in [2.05, 4.69) is 0 Å². The lowest BCUT2D eigenvalue weighted by Gasteiger charge is -2.09. The number of hydrogen-bond donors (Lipinski definition) is 0. The van der Waals surface area contributed by atoms with Crippen LogP contribution in [-0.2, 0) is 0 Å². The molecule has 0 aliphatic rings. The molecule has 0 fully saturated rings. The summed E-state index contributed by atoms with van der Waals surface area (Å²) in [4.78, 5) is 12.4. The van der Waals surface area contributed by atoms with Gasteiger partial charge in [0.15, 0.2) is 5.78 Å². The number of hydrogen-bond acceptors (Lipinski definition) is 2. The SMILES string of the molecule is COc1cc(Cl)ccc1C(=O)c1ccccc1Cl. The molecule has 2 rings (SSSR count). The Morgan fingerprint density at radius 3 is 2.44 bits per heavy atom. The lowest BCUT2D eigenvalue weighted by Crippen LogP contribution is -2.04. The second-order valence-electron chi connectivity index (χ2n) is 3.65. The van der Waals surface area contributed by atoms with Crippen molar-refractivity contribution in [1.82, 2.24) is 0 Å². The standard InChI is InChI=1S/C14H10Cl2O2/c1-18-13-8-9(15)6-7-11(13)14(17)10-4-2-3-5-12(10)16/h2-8H,1H3. The molecule has 4 heteroatoms. The second-order valence-corrected chi connectivity index (χ2v) is 4.50. The summed E-state index contributed by atoms with van der Waals surface area (Å²) in [6.07, 6.45) is 0. The van der Waals surface area contributed by atoms with E-state index in [1.165, 1.54) is 7.11 Å². The van der Waals surface area contributed by atoms with Crippen LogP contribution in [0.3, 0.4) is 0 Å². The minimum absolute atomic E-state index is 0.186. The Labute approximate surface area is 115 Å². The highest BCUT2D eigenvalue weighted by molar-refractivity contribution is 6.35. The van der Waals surface area contributed by atoms with Gasteiger partial charge in [0.25, 0.3) is 0 Å². The second kappa shape index (κ2) is 5.42. The molecule has 0 spiro atoms. The van der Waals surface area contributed by atoms with Crippen molar-refractivity contribution in [1.29, 1.82) is 0 Å². The van der Waals surface area contributed by atoms with Gasteiger partial charge in [-0.1, -0.05) is 35.3 Å². The number of rotatable bonds is 3. The van der Waals surface area contributed by atoms with Gasteiger partial charge in [0.1, 0.15) is 5.75 Å². The molecule has 2 aromatic carbocycles. The third kappa shape index (κ3) is 2.50. The molecule has 0 radical (unpaired) electrons. The molecule has 0 aromatic heterocycles. The summed E-state index contributed by atoms with van der Waals surface area (Å²) < 4.78 is 5.16. The summed E-state index contributed by atoms with van der Waals surface area (Å²) in [6, 6.07) is 11.8. The van der Waals surface area contributed by atoms with Gasteiger partial charge in [0.2, 0.25) is 0 Å². The number of carbonyl (C=O) groups excluding carboxylic acids is 1. The van der Waals surface area contributed by atoms with Crippen molar-refractivity contribution in [2.24, 2.45) is 0 Å². The van der Waals surface area contributed by atoms with Crippen molar-refractivity contribution >= 4 is 29.0 Å². The van der Waals surface area contributed by atoms with E-state index < -0.39 is 0 Å². The molecule has 0 aliphatic carbocycles. The van der Waals surface area contributed by atoms with E-state index in [1.807, 2.05) is 0 Å². The van der Waals surface area contributed by atoms with Crippen LogP contribution in [0.2, 0.25) is 10.0 Å². The van der Waals surface area contributed by atoms with E-state index >= 15 is 0 Å². The highest BCUT2D eigenvalue weighted by Crippen LogP contribution is 2.27. The molecule has 0 atom stereocenters. The Bertz CT molecular complexity index is 594. The monoisotopic (exact) mass is 280 g/mol. The first-order chi connectivity index (χ1) is 8.63. The van der Waals surface area contributed by atoms with Crippen LogP contribution >= 0.6 is 23.2 Å². The Morgan fingerprint density at radius 2 is 1.78 bits per heavy atom. The molecule has 2 nitrogen and oxygen atoms in total. The molecular formula is C14H10Cl2O2. The maximum Gasteiger partial charge on any atom is 0.198 e. The van der Waals surface area contributed by atoms with Crippen molar-refractivity contribution < 1.29 is 9.53 Å². The maximum absolute atomic E-state index is 12.4. The smallest absolute Gasteiger partial charge is 0.198 e. The summed E-state index contributed by atoms with van der Waals surface area (Å²) in [5.41, 5.74) is 0.884. The van der Waals surface area contributed by atoms with Gasteiger partial charge in [-0.2, -0.15) is 0 Å². The summed E-state index contributed by atoms with van der Waals surface area (Å²) in [6.45, 7) is 0. The van der Waals surface area contributed by atoms with Gasteiger partial charge in [-0.05, 0) is 30.3 Å². The lowest BCUT2D eigenvalue weighted by atomic mass is 10.0. The zero-order chi connectivity index (χ0) is 13.1. The molecule has 0 saturated carbocycles. The molecule has 0 aliphatic heterocycles. The summed E-state index contributed by atoms with van der Waals surface area (Å²) in [7, 11) is 1.50. The normalized spacial score (nSPS) is 10.2. The number of methoxy groups -OCH3 is 1. The van der Waals surface area contributed by atoms with Gasteiger partial charge in [-0.3, -0.25) is 4.79 Å². The van der Waals surface area contributed by atoms with E-state index in [9.17, 15) is 4.79 Å². The fraction of sp³-hybridized carbons (Fsp3) is 0.0714. The average molecular weight is 281 g/mol. The van der Waals surface area contributed by atoms with E-state index in [1.54, 1.807) is 42.5 Å². The molecule has 2 aromatic rings. The van der Waals surface area contributed by atoms with Gasteiger partial charge >= 0.3 is 0 Å². The number of carbonyl (C=O) groups is 1. The third-order valence-corrected chi connectivity index (χ3v) is 3.09. The van der Waals surface area contributed by atoms with Crippen LogP contribution in [-0.4, -0.2) is 12.9 Å². The Hall–Kier alpha value is -1.51. The van der Waals surface area contributed by atoms with Gasteiger partial charge < -0.3 is 4.74 Å². The molecular weight excluding hydrogens is 271 g/mol. The fourth-order valence-corrected chi connectivity index (χ4v) is 2.03. The van der Waals surface area contributed by atoms with Crippen molar-refractivity contribution in [3.05, 3.63) is 63.6 Å². The van der Waals surface area contributed by atoms with Crippen LogP contribution in [0.4, 0.5) is 0 Å². The number of halogens is 2. The van der Waals surface area contributed by atoms with Crippen LogP contribution in [0.1, 0.15) is 15.9 Å². The van der Waals surface area contributed by atoms with Crippen molar-refractivity contribution in [2.45, 2.75) is 0 Å². The predicted molar refractivity (Wildman–Crippen MR) is 72.9 cm³/mol. The molecule has 0 N–H and O–H groups in total. The van der Waals surface area contributed by atoms with Crippen LogP contribution < -0.4 is 4.74 Å². The molecule has 0 unspecified atom stereocenters. The van der Waals surface area contributed by atoms with Gasteiger partial charge in [-0.15, -0.1) is 0 Å². The van der Waals surface area contributed by atoms with Crippen molar-refractivity contribution in [3.8, 4) is 5.75 Å². The lowest BCUT2D eigenvalue weighted by molar-refractivity contribution is 0.103. The number of benzene rings is 2. The first kappa shape index (κ1) is 12.9. The Kier molecular flexibility index (Phi) is 3.90. The van der Waals surface area contributed by atoms with Crippen molar-refractivity contribution in [2.75, 3.05) is 7.11 Å². The predicted octanol–water partition coefficient (Wildman–Crippen LogP) is 4.23. The highest BCUT2D eigenvalue weighted by atomic mass is 35.5. The summed E-state index contributed by atoms with van der Waals surface area (Å²) >= 11 is 11.9. The van der Waals surface area contributed by atoms with E-state index in [0.717, 1.165) is 0 Å². The molecule has 0 amide bonds. The van der Waals surface area contributed by atoms with Crippen LogP contribution in [0.25, 0.3) is 0 Å². The molecule has 0 saturated heterocycles. The first-order valence-electron chi connectivity index (χ1n) is 5.26. The van der Waals surface area contributed by atoms with Gasteiger partial charge in [-0.25, -0.2) is 0 Å². The van der Waals surface area contributed by atoms with Crippen LogP contribution in [0.15, 0.2) is 42.5 Å². The van der Waals surface area contributed by atoms with Crippen LogP contribution in [0, 0.1) is 0 Å².